The van der Waals surface area contributed by atoms with E-state index in [1.165, 1.54) is 31.2 Å². The molecule has 5 heteroatoms. The Morgan fingerprint density at radius 3 is 2.32 bits per heavy atom. The Labute approximate surface area is 178 Å². The largest absolute Gasteiger partial charge is 0.322 e. The van der Waals surface area contributed by atoms with Crippen molar-refractivity contribution in [2.24, 2.45) is 5.92 Å². The normalized spacial score (nSPS) is 16.2. The van der Waals surface area contributed by atoms with Gasteiger partial charge in [-0.05, 0) is 50.1 Å². The van der Waals surface area contributed by atoms with E-state index in [1.54, 1.807) is 18.2 Å². The number of hydrogen-bond acceptors (Lipinski definition) is 1. The van der Waals surface area contributed by atoms with Crippen molar-refractivity contribution in [2.75, 3.05) is 19.4 Å². The van der Waals surface area contributed by atoms with Gasteiger partial charge in [-0.3, -0.25) is 4.79 Å². The van der Waals surface area contributed by atoms with E-state index in [9.17, 15) is 4.79 Å². The van der Waals surface area contributed by atoms with Crippen LogP contribution < -0.4 is 5.32 Å². The van der Waals surface area contributed by atoms with Crippen LogP contribution in [0.1, 0.15) is 48.5 Å². The lowest BCUT2D eigenvalue weighted by Gasteiger charge is -2.39. The summed E-state index contributed by atoms with van der Waals surface area (Å²) in [5.74, 6) is 0.636. The molecular weight excluding hydrogens is 391 g/mol. The molecular formula is C23H29Cl2N2O+. The summed E-state index contributed by atoms with van der Waals surface area (Å²) >= 11 is 11.9. The zero-order chi connectivity index (χ0) is 20.3. The zero-order valence-corrected chi connectivity index (χ0v) is 18.4. The van der Waals surface area contributed by atoms with Crippen LogP contribution in [0, 0.1) is 5.92 Å². The smallest absolute Gasteiger partial charge is 0.255 e. The highest BCUT2D eigenvalue weighted by molar-refractivity contribution is 6.42. The van der Waals surface area contributed by atoms with Crippen LogP contribution in [0.5, 0.6) is 0 Å². The van der Waals surface area contributed by atoms with Crippen LogP contribution in [0.4, 0.5) is 5.69 Å². The van der Waals surface area contributed by atoms with Crippen molar-refractivity contribution < 1.29 is 9.28 Å². The van der Waals surface area contributed by atoms with Gasteiger partial charge >= 0.3 is 0 Å². The third-order valence-corrected chi connectivity index (χ3v) is 6.91. The van der Waals surface area contributed by atoms with Gasteiger partial charge in [0.05, 0.1) is 30.2 Å². The van der Waals surface area contributed by atoms with Crippen molar-refractivity contribution in [3.63, 3.8) is 0 Å². The van der Waals surface area contributed by atoms with Crippen molar-refractivity contribution in [1.29, 1.82) is 0 Å². The number of hydrogen-bond donors (Lipinski definition) is 1. The van der Waals surface area contributed by atoms with Crippen molar-refractivity contribution in [3.8, 4) is 0 Å². The van der Waals surface area contributed by atoms with Gasteiger partial charge in [-0.1, -0.05) is 48.2 Å². The molecule has 0 aliphatic heterocycles. The topological polar surface area (TPSA) is 29.1 Å². The minimum Gasteiger partial charge on any atom is -0.322 e. The second kappa shape index (κ2) is 8.86. The van der Waals surface area contributed by atoms with E-state index in [0.29, 0.717) is 21.7 Å². The molecule has 1 saturated carbocycles. The summed E-state index contributed by atoms with van der Waals surface area (Å²) in [4.78, 5) is 12.4. The van der Waals surface area contributed by atoms with Crippen molar-refractivity contribution in [3.05, 3.63) is 63.6 Å². The highest BCUT2D eigenvalue weighted by Gasteiger charge is 2.33. The molecule has 0 spiro atoms. The summed E-state index contributed by atoms with van der Waals surface area (Å²) in [6.45, 7) is 3.38. The van der Waals surface area contributed by atoms with Gasteiger partial charge in [-0.2, -0.15) is 0 Å². The van der Waals surface area contributed by atoms with E-state index in [4.69, 9.17) is 23.2 Å². The molecule has 150 valence electrons. The fourth-order valence-electron chi connectivity index (χ4n) is 4.16. The third kappa shape index (κ3) is 5.08. The molecule has 0 saturated heterocycles. The minimum atomic E-state index is -0.197. The van der Waals surface area contributed by atoms with Gasteiger partial charge in [0.2, 0.25) is 0 Å². The Morgan fingerprint density at radius 1 is 1.07 bits per heavy atom. The predicted octanol–water partition coefficient (Wildman–Crippen LogP) is 6.40. The van der Waals surface area contributed by atoms with Gasteiger partial charge in [0, 0.05) is 22.7 Å². The monoisotopic (exact) mass is 419 g/mol. The van der Waals surface area contributed by atoms with Crippen molar-refractivity contribution >= 4 is 34.8 Å². The average Bonchev–Trinajstić information content (AvgIpc) is 3.19. The number of carbonyl (C=O) groups excluding carboxylic acids is 1. The molecule has 0 aromatic heterocycles. The fraction of sp³-hybridized carbons (Fsp3) is 0.435. The molecule has 1 fully saturated rings. The predicted molar refractivity (Wildman–Crippen MR) is 118 cm³/mol. The molecule has 0 radical (unpaired) electrons. The van der Waals surface area contributed by atoms with E-state index in [0.717, 1.165) is 22.6 Å². The van der Waals surface area contributed by atoms with Crippen LogP contribution in [0.25, 0.3) is 0 Å². The van der Waals surface area contributed by atoms with Crippen LogP contribution in [-0.4, -0.2) is 30.5 Å². The molecule has 0 heterocycles. The maximum atomic E-state index is 12.4. The minimum absolute atomic E-state index is 0.197. The highest BCUT2D eigenvalue weighted by Crippen LogP contribution is 2.33. The van der Waals surface area contributed by atoms with E-state index >= 15 is 0 Å². The number of halogens is 2. The number of carbonyl (C=O) groups is 1. The molecule has 3 rings (SSSR count). The van der Waals surface area contributed by atoms with Crippen molar-refractivity contribution in [1.82, 2.24) is 0 Å². The van der Waals surface area contributed by atoms with Crippen LogP contribution in [-0.2, 0) is 6.54 Å². The number of nitrogens with zero attached hydrogens (tertiary/aromatic N) is 1. The molecule has 0 bridgehead atoms. The lowest BCUT2D eigenvalue weighted by atomic mass is 9.96. The van der Waals surface area contributed by atoms with Crippen LogP contribution in [0.2, 0.25) is 10.0 Å². The molecule has 1 aliphatic rings. The Kier molecular flexibility index (Phi) is 6.69. The molecule has 3 nitrogen and oxygen atoms in total. The SMILES string of the molecule is CC(C1CCCC1)[N+](C)(C)Cc1ccc(NC(=O)c2ccc(Cl)c(Cl)c2)cc1. The first kappa shape index (κ1) is 21.2. The first-order valence-electron chi connectivity index (χ1n) is 9.94. The Balaban J connectivity index is 1.62. The zero-order valence-electron chi connectivity index (χ0n) is 16.8. The van der Waals surface area contributed by atoms with Crippen LogP contribution in [0.15, 0.2) is 42.5 Å². The fourth-order valence-corrected chi connectivity index (χ4v) is 4.46. The lowest BCUT2D eigenvalue weighted by molar-refractivity contribution is -0.929. The van der Waals surface area contributed by atoms with E-state index in [1.807, 2.05) is 12.1 Å². The van der Waals surface area contributed by atoms with Crippen LogP contribution >= 0.6 is 23.2 Å². The molecule has 2 aromatic carbocycles. The molecule has 2 aromatic rings. The summed E-state index contributed by atoms with van der Waals surface area (Å²) in [7, 11) is 4.64. The number of nitrogens with one attached hydrogen (secondary N) is 1. The van der Waals surface area contributed by atoms with E-state index in [-0.39, 0.29) is 5.91 Å². The first-order chi connectivity index (χ1) is 13.3. The Hall–Kier alpha value is -1.55. The quantitative estimate of drug-likeness (QED) is 0.538. The first-order valence-corrected chi connectivity index (χ1v) is 10.7. The second-order valence-electron chi connectivity index (χ2n) is 8.50. The second-order valence-corrected chi connectivity index (χ2v) is 9.32. The van der Waals surface area contributed by atoms with Gasteiger partial charge in [-0.15, -0.1) is 0 Å². The third-order valence-electron chi connectivity index (χ3n) is 6.17. The molecule has 1 aliphatic carbocycles. The number of rotatable bonds is 6. The van der Waals surface area contributed by atoms with Gasteiger partial charge < -0.3 is 9.80 Å². The number of anilines is 1. The Morgan fingerprint density at radius 2 is 1.71 bits per heavy atom. The summed E-state index contributed by atoms with van der Waals surface area (Å²) in [5, 5.41) is 3.73. The Bertz CT molecular complexity index is 827. The van der Waals surface area contributed by atoms with Crippen molar-refractivity contribution in [2.45, 2.75) is 45.2 Å². The number of benzene rings is 2. The average molecular weight is 420 g/mol. The summed E-state index contributed by atoms with van der Waals surface area (Å²) in [6.07, 6.45) is 5.48. The van der Waals surface area contributed by atoms with Crippen LogP contribution in [0.3, 0.4) is 0 Å². The summed E-state index contributed by atoms with van der Waals surface area (Å²) < 4.78 is 0.986. The van der Waals surface area contributed by atoms with Gasteiger partial charge in [0.1, 0.15) is 6.54 Å². The molecule has 1 amide bonds. The standard InChI is InChI=1S/C23H28Cl2N2O/c1-16(18-6-4-5-7-18)27(2,3)15-17-8-11-20(12-9-17)26-23(28)19-10-13-21(24)22(25)14-19/h8-14,16,18H,4-7,15H2,1-3H3/p+1. The highest BCUT2D eigenvalue weighted by atomic mass is 35.5. The van der Waals surface area contributed by atoms with E-state index in [2.05, 4.69) is 38.5 Å². The lowest BCUT2D eigenvalue weighted by Crippen LogP contribution is -2.49. The summed E-state index contributed by atoms with van der Waals surface area (Å²) in [5.41, 5.74) is 2.54. The molecule has 28 heavy (non-hydrogen) atoms. The number of amides is 1. The van der Waals surface area contributed by atoms with Gasteiger partial charge in [-0.25, -0.2) is 0 Å². The molecule has 1 atom stereocenters. The number of quaternary nitrogens is 1. The van der Waals surface area contributed by atoms with E-state index < -0.39 is 0 Å². The maximum Gasteiger partial charge on any atom is 0.255 e. The maximum absolute atomic E-state index is 12.4. The molecule has 1 unspecified atom stereocenters. The van der Waals surface area contributed by atoms with Gasteiger partial charge in [0.25, 0.3) is 5.91 Å². The summed E-state index contributed by atoms with van der Waals surface area (Å²) in [6, 6.07) is 13.7. The molecule has 1 N–H and O–H groups in total. The van der Waals surface area contributed by atoms with Gasteiger partial charge in [0.15, 0.2) is 0 Å².